The fourth-order valence-corrected chi connectivity index (χ4v) is 2.76. The van der Waals surface area contributed by atoms with Gasteiger partial charge in [0.2, 0.25) is 0 Å². The van der Waals surface area contributed by atoms with Crippen LogP contribution in [-0.4, -0.2) is 35.9 Å². The molecule has 1 aliphatic rings. The Morgan fingerprint density at radius 3 is 2.65 bits per heavy atom. The van der Waals surface area contributed by atoms with E-state index in [1.807, 2.05) is 12.1 Å². The van der Waals surface area contributed by atoms with Crippen LogP contribution in [0.3, 0.4) is 0 Å². The van der Waals surface area contributed by atoms with Crippen molar-refractivity contribution in [2.75, 3.05) is 24.6 Å². The zero-order valence-corrected chi connectivity index (χ0v) is 12.6. The minimum atomic E-state index is 0.0850. The zero-order valence-electron chi connectivity index (χ0n) is 12.6. The first-order valence-electron chi connectivity index (χ1n) is 7.74. The summed E-state index contributed by atoms with van der Waals surface area (Å²) in [5.74, 6) is 1.01. The standard InChI is InChI=1S/C16H26N2O2/c1-3-5-14-10-13(12-19)11-16(17-14)18-8-6-15(7-9-18)20-4-2/h10-11,15,19H,3-9,12H2,1-2H3. The van der Waals surface area contributed by atoms with Gasteiger partial charge in [0.05, 0.1) is 12.7 Å². The van der Waals surface area contributed by atoms with E-state index in [2.05, 4.69) is 18.7 Å². The van der Waals surface area contributed by atoms with Gasteiger partial charge in [-0.3, -0.25) is 0 Å². The normalized spacial score (nSPS) is 16.6. The van der Waals surface area contributed by atoms with Crippen molar-refractivity contribution in [3.8, 4) is 0 Å². The lowest BCUT2D eigenvalue weighted by Gasteiger charge is -2.33. The number of pyridine rings is 1. The minimum absolute atomic E-state index is 0.0850. The average molecular weight is 278 g/mol. The smallest absolute Gasteiger partial charge is 0.129 e. The van der Waals surface area contributed by atoms with Crippen molar-refractivity contribution < 1.29 is 9.84 Å². The highest BCUT2D eigenvalue weighted by Crippen LogP contribution is 2.22. The summed E-state index contributed by atoms with van der Waals surface area (Å²) in [4.78, 5) is 7.05. The van der Waals surface area contributed by atoms with Crippen LogP contribution in [0.4, 0.5) is 5.82 Å². The highest BCUT2D eigenvalue weighted by Gasteiger charge is 2.20. The molecule has 1 aromatic heterocycles. The van der Waals surface area contributed by atoms with E-state index in [9.17, 15) is 5.11 Å². The van der Waals surface area contributed by atoms with E-state index in [-0.39, 0.29) is 6.61 Å². The van der Waals surface area contributed by atoms with Gasteiger partial charge in [0.25, 0.3) is 0 Å². The van der Waals surface area contributed by atoms with Crippen LogP contribution in [0.25, 0.3) is 0 Å². The van der Waals surface area contributed by atoms with Gasteiger partial charge in [-0.2, -0.15) is 0 Å². The van der Waals surface area contributed by atoms with Crippen LogP contribution >= 0.6 is 0 Å². The molecule has 0 atom stereocenters. The maximum atomic E-state index is 9.40. The Kier molecular flexibility index (Phi) is 5.80. The van der Waals surface area contributed by atoms with E-state index in [0.717, 1.165) is 62.5 Å². The Bertz CT molecular complexity index is 415. The number of aryl methyl sites for hydroxylation is 1. The van der Waals surface area contributed by atoms with Crippen LogP contribution in [0.5, 0.6) is 0 Å². The number of ether oxygens (including phenoxy) is 1. The maximum absolute atomic E-state index is 9.40. The van der Waals surface area contributed by atoms with Crippen molar-refractivity contribution in [1.29, 1.82) is 0 Å². The second kappa shape index (κ2) is 7.60. The van der Waals surface area contributed by atoms with E-state index < -0.39 is 0 Å². The summed E-state index contributed by atoms with van der Waals surface area (Å²) in [5.41, 5.74) is 2.05. The first kappa shape index (κ1) is 15.3. The van der Waals surface area contributed by atoms with Gasteiger partial charge >= 0.3 is 0 Å². The van der Waals surface area contributed by atoms with Crippen LogP contribution in [0, 0.1) is 0 Å². The van der Waals surface area contributed by atoms with Crippen molar-refractivity contribution in [3.05, 3.63) is 23.4 Å². The molecule has 0 bridgehead atoms. The van der Waals surface area contributed by atoms with Gasteiger partial charge in [0.15, 0.2) is 0 Å². The highest BCUT2D eigenvalue weighted by molar-refractivity contribution is 5.43. The van der Waals surface area contributed by atoms with Gasteiger partial charge in [-0.05, 0) is 43.9 Å². The van der Waals surface area contributed by atoms with Crippen molar-refractivity contribution in [3.63, 3.8) is 0 Å². The molecule has 1 saturated heterocycles. The molecule has 4 nitrogen and oxygen atoms in total. The molecule has 0 radical (unpaired) electrons. The number of hydrogen-bond acceptors (Lipinski definition) is 4. The number of piperidine rings is 1. The lowest BCUT2D eigenvalue weighted by molar-refractivity contribution is 0.0458. The van der Waals surface area contributed by atoms with E-state index in [0.29, 0.717) is 6.10 Å². The Morgan fingerprint density at radius 2 is 2.05 bits per heavy atom. The van der Waals surface area contributed by atoms with Gasteiger partial charge in [-0.1, -0.05) is 13.3 Å². The SMILES string of the molecule is CCCc1cc(CO)cc(N2CCC(OCC)CC2)n1. The molecule has 1 aliphatic heterocycles. The van der Waals surface area contributed by atoms with Crippen LogP contribution in [-0.2, 0) is 17.8 Å². The predicted octanol–water partition coefficient (Wildman–Crippen LogP) is 2.53. The molecule has 4 heteroatoms. The van der Waals surface area contributed by atoms with Crippen LogP contribution in [0.2, 0.25) is 0 Å². The summed E-state index contributed by atoms with van der Waals surface area (Å²) in [7, 11) is 0. The third-order valence-corrected chi connectivity index (χ3v) is 3.78. The Hall–Kier alpha value is -1.13. The summed E-state index contributed by atoms with van der Waals surface area (Å²) in [6.45, 7) is 7.05. The Morgan fingerprint density at radius 1 is 1.30 bits per heavy atom. The summed E-state index contributed by atoms with van der Waals surface area (Å²) in [5, 5.41) is 9.40. The topological polar surface area (TPSA) is 45.6 Å². The predicted molar refractivity (Wildman–Crippen MR) is 81.0 cm³/mol. The molecule has 2 rings (SSSR count). The molecule has 2 heterocycles. The molecule has 0 aliphatic carbocycles. The molecular weight excluding hydrogens is 252 g/mol. The third kappa shape index (κ3) is 3.93. The van der Waals surface area contributed by atoms with E-state index >= 15 is 0 Å². The number of nitrogens with zero attached hydrogens (tertiary/aromatic N) is 2. The molecule has 1 fully saturated rings. The van der Waals surface area contributed by atoms with Gasteiger partial charge in [0, 0.05) is 25.4 Å². The molecule has 112 valence electrons. The largest absolute Gasteiger partial charge is 0.392 e. The number of aliphatic hydroxyl groups is 1. The van der Waals surface area contributed by atoms with Gasteiger partial charge < -0.3 is 14.7 Å². The molecule has 0 unspecified atom stereocenters. The Balaban J connectivity index is 2.06. The third-order valence-electron chi connectivity index (χ3n) is 3.78. The second-order valence-electron chi connectivity index (χ2n) is 5.37. The molecule has 0 spiro atoms. The molecular formula is C16H26N2O2. The quantitative estimate of drug-likeness (QED) is 0.868. The zero-order chi connectivity index (χ0) is 14.4. The van der Waals surface area contributed by atoms with E-state index in [1.165, 1.54) is 0 Å². The summed E-state index contributed by atoms with van der Waals surface area (Å²) in [6, 6.07) is 4.03. The van der Waals surface area contributed by atoms with Crippen molar-refractivity contribution in [2.45, 2.75) is 52.2 Å². The fraction of sp³-hybridized carbons (Fsp3) is 0.688. The summed E-state index contributed by atoms with van der Waals surface area (Å²) < 4.78 is 5.69. The first-order valence-corrected chi connectivity index (χ1v) is 7.74. The van der Waals surface area contributed by atoms with Crippen molar-refractivity contribution in [2.24, 2.45) is 0 Å². The summed E-state index contributed by atoms with van der Waals surface area (Å²) in [6.07, 6.45) is 4.56. The van der Waals surface area contributed by atoms with Crippen LogP contribution in [0.1, 0.15) is 44.4 Å². The number of rotatable bonds is 6. The molecule has 0 amide bonds. The summed E-state index contributed by atoms with van der Waals surface area (Å²) >= 11 is 0. The molecule has 1 N–H and O–H groups in total. The number of anilines is 1. The number of aromatic nitrogens is 1. The molecule has 0 saturated carbocycles. The Labute approximate surface area is 121 Å². The van der Waals surface area contributed by atoms with E-state index in [1.54, 1.807) is 0 Å². The maximum Gasteiger partial charge on any atom is 0.129 e. The molecule has 0 aromatic carbocycles. The fourth-order valence-electron chi connectivity index (χ4n) is 2.76. The molecule has 1 aromatic rings. The van der Waals surface area contributed by atoms with Crippen molar-refractivity contribution in [1.82, 2.24) is 4.98 Å². The van der Waals surface area contributed by atoms with Crippen molar-refractivity contribution >= 4 is 5.82 Å². The average Bonchev–Trinajstić information content (AvgIpc) is 2.48. The van der Waals surface area contributed by atoms with Gasteiger partial charge in [-0.25, -0.2) is 4.98 Å². The van der Waals surface area contributed by atoms with E-state index in [4.69, 9.17) is 9.72 Å². The number of aliphatic hydroxyl groups excluding tert-OH is 1. The first-order chi connectivity index (χ1) is 9.76. The lowest BCUT2D eigenvalue weighted by atomic mass is 10.1. The van der Waals surface area contributed by atoms with Crippen LogP contribution < -0.4 is 4.90 Å². The minimum Gasteiger partial charge on any atom is -0.392 e. The number of hydrogen-bond donors (Lipinski definition) is 1. The van der Waals surface area contributed by atoms with Crippen LogP contribution in [0.15, 0.2) is 12.1 Å². The molecule has 20 heavy (non-hydrogen) atoms. The highest BCUT2D eigenvalue weighted by atomic mass is 16.5. The monoisotopic (exact) mass is 278 g/mol. The lowest BCUT2D eigenvalue weighted by Crippen LogP contribution is -2.37. The van der Waals surface area contributed by atoms with Gasteiger partial charge in [0.1, 0.15) is 5.82 Å². The van der Waals surface area contributed by atoms with Gasteiger partial charge in [-0.15, -0.1) is 0 Å². The second-order valence-corrected chi connectivity index (χ2v) is 5.37.